The summed E-state index contributed by atoms with van der Waals surface area (Å²) in [5.41, 5.74) is 0.400. The summed E-state index contributed by atoms with van der Waals surface area (Å²) in [6.45, 7) is 4.88. The second kappa shape index (κ2) is 6.88. The Kier molecular flexibility index (Phi) is 5.46. The summed E-state index contributed by atoms with van der Waals surface area (Å²) >= 11 is 0. The lowest BCUT2D eigenvalue weighted by Gasteiger charge is -2.18. The minimum absolute atomic E-state index is 0.101. The van der Waals surface area contributed by atoms with Crippen molar-refractivity contribution >= 4 is 23.5 Å². The summed E-state index contributed by atoms with van der Waals surface area (Å²) in [6.07, 6.45) is -0.101. The Labute approximate surface area is 123 Å². The Balaban J connectivity index is 2.57. The molecule has 3 N–H and O–H groups in total. The molecule has 1 aromatic rings. The van der Waals surface area contributed by atoms with Crippen molar-refractivity contribution < 1.29 is 19.5 Å². The zero-order valence-electron chi connectivity index (χ0n) is 12.4. The number of carbonyl (C=O) groups excluding carboxylic acids is 2. The van der Waals surface area contributed by atoms with Gasteiger partial charge in [0.05, 0.1) is 5.41 Å². The number of hydrogen-bond acceptors (Lipinski definition) is 3. The summed E-state index contributed by atoms with van der Waals surface area (Å²) in [5, 5.41) is 14.3. The van der Waals surface area contributed by atoms with Crippen molar-refractivity contribution in [3.63, 3.8) is 0 Å². The molecular formula is C15H20N2O4. The van der Waals surface area contributed by atoms with Crippen LogP contribution in [0.4, 0.5) is 5.69 Å². The van der Waals surface area contributed by atoms with Gasteiger partial charge >= 0.3 is 5.97 Å². The molecule has 0 aromatic heterocycles. The second-order valence-electron chi connectivity index (χ2n) is 5.52. The number of hydrogen-bond donors (Lipinski definition) is 3. The molecule has 0 radical (unpaired) electrons. The number of amides is 2. The number of carboxylic acid groups (broad SMARTS) is 1. The molecule has 0 saturated heterocycles. The fraction of sp³-hybridized carbons (Fsp3) is 0.400. The minimum atomic E-state index is -1.10. The fourth-order valence-electron chi connectivity index (χ4n) is 1.61. The lowest BCUT2D eigenvalue weighted by atomic mass is 9.89. The molecule has 0 bridgehead atoms. The van der Waals surface area contributed by atoms with E-state index in [2.05, 4.69) is 10.6 Å². The van der Waals surface area contributed by atoms with E-state index in [-0.39, 0.29) is 18.2 Å². The molecule has 0 aliphatic carbocycles. The van der Waals surface area contributed by atoms with Gasteiger partial charge in [0.15, 0.2) is 0 Å². The third-order valence-electron chi connectivity index (χ3n) is 2.96. The Morgan fingerprint density at radius 2 is 1.71 bits per heavy atom. The minimum Gasteiger partial charge on any atom is -0.481 e. The topological polar surface area (TPSA) is 95.5 Å². The highest BCUT2D eigenvalue weighted by atomic mass is 16.4. The van der Waals surface area contributed by atoms with Crippen molar-refractivity contribution in [2.24, 2.45) is 5.41 Å². The summed E-state index contributed by atoms with van der Waals surface area (Å²) in [6, 6.07) is 6.99. The Bertz CT molecular complexity index is 535. The van der Waals surface area contributed by atoms with Crippen molar-refractivity contribution in [2.45, 2.75) is 33.7 Å². The van der Waals surface area contributed by atoms with E-state index in [1.54, 1.807) is 24.3 Å². The summed E-state index contributed by atoms with van der Waals surface area (Å²) in [7, 11) is 0. The molecule has 1 rings (SSSR count). The van der Waals surface area contributed by atoms with Crippen molar-refractivity contribution in [1.29, 1.82) is 0 Å². The number of rotatable bonds is 6. The van der Waals surface area contributed by atoms with E-state index in [1.165, 1.54) is 20.8 Å². The lowest BCUT2D eigenvalue weighted by Crippen LogP contribution is -2.29. The molecule has 6 heteroatoms. The van der Waals surface area contributed by atoms with Gasteiger partial charge in [0, 0.05) is 25.6 Å². The Hall–Kier alpha value is -2.37. The van der Waals surface area contributed by atoms with Crippen LogP contribution in [0, 0.1) is 5.41 Å². The summed E-state index contributed by atoms with van der Waals surface area (Å²) in [4.78, 5) is 33.6. The number of aliphatic carboxylic acids is 1. The molecule has 0 aliphatic rings. The maximum Gasteiger partial charge on any atom is 0.309 e. The van der Waals surface area contributed by atoms with Crippen molar-refractivity contribution in [1.82, 2.24) is 5.32 Å². The van der Waals surface area contributed by atoms with Gasteiger partial charge in [-0.05, 0) is 31.5 Å². The van der Waals surface area contributed by atoms with Gasteiger partial charge in [-0.2, -0.15) is 0 Å². The van der Waals surface area contributed by atoms with E-state index < -0.39 is 11.4 Å². The van der Waals surface area contributed by atoms with Crippen molar-refractivity contribution in [3.05, 3.63) is 29.8 Å². The average molecular weight is 292 g/mol. The lowest BCUT2D eigenvalue weighted by molar-refractivity contribution is -0.149. The van der Waals surface area contributed by atoms with Crippen LogP contribution in [0.2, 0.25) is 0 Å². The van der Waals surface area contributed by atoms with Crippen LogP contribution in [0.25, 0.3) is 0 Å². The van der Waals surface area contributed by atoms with Crippen LogP contribution in [0.15, 0.2) is 24.3 Å². The predicted octanol–water partition coefficient (Wildman–Crippen LogP) is 1.76. The molecule has 0 spiro atoms. The fourth-order valence-corrected chi connectivity index (χ4v) is 1.61. The van der Waals surface area contributed by atoms with E-state index in [0.29, 0.717) is 12.2 Å². The Morgan fingerprint density at radius 1 is 1.14 bits per heavy atom. The monoisotopic (exact) mass is 292 g/mol. The van der Waals surface area contributed by atoms with Crippen LogP contribution >= 0.6 is 0 Å². The predicted molar refractivity (Wildman–Crippen MR) is 78.6 cm³/mol. The van der Waals surface area contributed by atoms with E-state index in [4.69, 9.17) is 5.11 Å². The first-order chi connectivity index (χ1) is 9.70. The van der Waals surface area contributed by atoms with Crippen LogP contribution < -0.4 is 10.6 Å². The Morgan fingerprint density at radius 3 is 2.19 bits per heavy atom. The van der Waals surface area contributed by atoms with Crippen LogP contribution in [0.3, 0.4) is 0 Å². The summed E-state index contributed by atoms with van der Waals surface area (Å²) < 4.78 is 0. The first kappa shape index (κ1) is 16.7. The maximum absolute atomic E-state index is 11.8. The first-order valence-electron chi connectivity index (χ1n) is 6.57. The van der Waals surface area contributed by atoms with Crippen LogP contribution in [0.5, 0.6) is 0 Å². The van der Waals surface area contributed by atoms with E-state index in [0.717, 1.165) is 5.56 Å². The van der Waals surface area contributed by atoms with Gasteiger partial charge in [-0.3, -0.25) is 14.4 Å². The van der Waals surface area contributed by atoms with Gasteiger partial charge in [-0.25, -0.2) is 0 Å². The number of benzene rings is 1. The molecule has 6 nitrogen and oxygen atoms in total. The molecule has 114 valence electrons. The smallest absolute Gasteiger partial charge is 0.309 e. The number of carbonyl (C=O) groups is 3. The zero-order chi connectivity index (χ0) is 16.0. The second-order valence-corrected chi connectivity index (χ2v) is 5.52. The molecule has 0 atom stereocenters. The van der Waals surface area contributed by atoms with Gasteiger partial charge in [0.1, 0.15) is 0 Å². The van der Waals surface area contributed by atoms with Crippen LogP contribution in [-0.2, 0) is 20.9 Å². The van der Waals surface area contributed by atoms with Crippen molar-refractivity contribution in [2.75, 3.05) is 5.32 Å². The third kappa shape index (κ3) is 5.64. The van der Waals surface area contributed by atoms with Gasteiger partial charge in [0.2, 0.25) is 11.8 Å². The first-order valence-corrected chi connectivity index (χ1v) is 6.57. The van der Waals surface area contributed by atoms with Gasteiger partial charge < -0.3 is 15.7 Å². The third-order valence-corrected chi connectivity index (χ3v) is 2.96. The van der Waals surface area contributed by atoms with Gasteiger partial charge in [-0.1, -0.05) is 12.1 Å². The molecule has 0 aliphatic heterocycles. The zero-order valence-corrected chi connectivity index (χ0v) is 12.4. The molecule has 0 unspecified atom stereocenters. The summed E-state index contributed by atoms with van der Waals surface area (Å²) in [5.74, 6) is -1.47. The van der Waals surface area contributed by atoms with Crippen LogP contribution in [0.1, 0.15) is 32.8 Å². The molecule has 0 heterocycles. The van der Waals surface area contributed by atoms with Crippen LogP contribution in [-0.4, -0.2) is 22.9 Å². The normalized spacial score (nSPS) is 10.8. The highest BCUT2D eigenvalue weighted by Crippen LogP contribution is 2.21. The quantitative estimate of drug-likeness (QED) is 0.744. The van der Waals surface area contributed by atoms with E-state index in [9.17, 15) is 14.4 Å². The maximum atomic E-state index is 11.8. The van der Waals surface area contributed by atoms with Crippen molar-refractivity contribution in [3.8, 4) is 0 Å². The number of anilines is 1. The SMILES string of the molecule is CC(=O)NCc1ccc(NC(=O)CC(C)(C)C(=O)O)cc1. The molecular weight excluding hydrogens is 272 g/mol. The molecule has 0 saturated carbocycles. The number of carboxylic acids is 1. The molecule has 0 fully saturated rings. The largest absolute Gasteiger partial charge is 0.481 e. The van der Waals surface area contributed by atoms with Gasteiger partial charge in [0.25, 0.3) is 0 Å². The van der Waals surface area contributed by atoms with E-state index >= 15 is 0 Å². The highest BCUT2D eigenvalue weighted by molar-refractivity contribution is 5.94. The highest BCUT2D eigenvalue weighted by Gasteiger charge is 2.30. The average Bonchev–Trinajstić information content (AvgIpc) is 2.36. The standard InChI is InChI=1S/C15H20N2O4/c1-10(18)16-9-11-4-6-12(7-5-11)17-13(19)8-15(2,3)14(20)21/h4-7H,8-9H2,1-3H3,(H,16,18)(H,17,19)(H,20,21). The van der Waals surface area contributed by atoms with E-state index in [1.807, 2.05) is 0 Å². The molecule has 2 amide bonds. The number of nitrogens with one attached hydrogen (secondary N) is 2. The molecule has 21 heavy (non-hydrogen) atoms. The van der Waals surface area contributed by atoms with Gasteiger partial charge in [-0.15, -0.1) is 0 Å². The molecule has 1 aromatic carbocycles.